The van der Waals surface area contributed by atoms with Crippen LogP contribution in [0.4, 0.5) is 13.2 Å². The van der Waals surface area contributed by atoms with Crippen LogP contribution in [0.1, 0.15) is 31.7 Å². The monoisotopic (exact) mass is 341 g/mol. The normalized spacial score (nSPS) is 12.4. The number of nitrogens with zero attached hydrogens (tertiary/aromatic N) is 3. The number of hydrogen-bond acceptors (Lipinski definition) is 2. The Morgan fingerprint density at radius 2 is 1.95 bits per heavy atom. The van der Waals surface area contributed by atoms with E-state index in [9.17, 15) is 13.2 Å². The number of halogens is 4. The van der Waals surface area contributed by atoms with E-state index in [2.05, 4.69) is 21.0 Å². The van der Waals surface area contributed by atoms with Gasteiger partial charge >= 0.3 is 6.18 Å². The van der Waals surface area contributed by atoms with E-state index in [1.807, 2.05) is 13.8 Å². The van der Waals surface area contributed by atoms with Gasteiger partial charge in [0.2, 0.25) is 0 Å². The van der Waals surface area contributed by atoms with Gasteiger partial charge in [0, 0.05) is 13.6 Å². The number of hydrogen-bond donors (Lipinski definition) is 0. The lowest BCUT2D eigenvalue weighted by molar-refractivity contribution is -0.147. The number of aryl methyl sites for hydroxylation is 2. The van der Waals surface area contributed by atoms with Gasteiger partial charge in [-0.25, -0.2) is 0 Å². The maximum Gasteiger partial charge on any atom is 0.401 e. The van der Waals surface area contributed by atoms with E-state index >= 15 is 0 Å². The summed E-state index contributed by atoms with van der Waals surface area (Å²) in [5.74, 6) is 0. The molecule has 0 unspecified atom stereocenters. The first-order chi connectivity index (χ1) is 8.78. The molecule has 0 saturated carbocycles. The minimum atomic E-state index is -4.17. The second kappa shape index (κ2) is 6.74. The average Bonchev–Trinajstić information content (AvgIpc) is 2.54. The molecule has 0 amide bonds. The van der Waals surface area contributed by atoms with E-state index in [4.69, 9.17) is 0 Å². The Labute approximate surface area is 119 Å². The number of rotatable bonds is 6. The Morgan fingerprint density at radius 1 is 1.32 bits per heavy atom. The van der Waals surface area contributed by atoms with Gasteiger partial charge < -0.3 is 0 Å². The van der Waals surface area contributed by atoms with Crippen molar-refractivity contribution in [2.75, 3.05) is 13.1 Å². The van der Waals surface area contributed by atoms with E-state index in [-0.39, 0.29) is 6.54 Å². The summed E-state index contributed by atoms with van der Waals surface area (Å²) in [6, 6.07) is 0. The molecule has 1 aromatic rings. The van der Waals surface area contributed by atoms with Crippen molar-refractivity contribution in [1.82, 2.24) is 14.7 Å². The van der Waals surface area contributed by atoms with Crippen LogP contribution in [0.15, 0.2) is 4.47 Å². The number of alkyl halides is 3. The van der Waals surface area contributed by atoms with E-state index in [0.717, 1.165) is 22.3 Å². The maximum absolute atomic E-state index is 12.5. The van der Waals surface area contributed by atoms with Gasteiger partial charge in [-0.3, -0.25) is 9.58 Å². The molecule has 0 fully saturated rings. The zero-order chi connectivity index (χ0) is 14.6. The first kappa shape index (κ1) is 16.5. The molecule has 110 valence electrons. The molecular formula is C12H19BrF3N3. The molecular weight excluding hydrogens is 323 g/mol. The largest absolute Gasteiger partial charge is 0.401 e. The highest BCUT2D eigenvalue weighted by atomic mass is 79.9. The van der Waals surface area contributed by atoms with E-state index in [1.54, 1.807) is 11.7 Å². The Balaban J connectivity index is 2.87. The van der Waals surface area contributed by atoms with Crippen molar-refractivity contribution in [2.24, 2.45) is 7.05 Å². The van der Waals surface area contributed by atoms with Gasteiger partial charge in [0.25, 0.3) is 0 Å². The van der Waals surface area contributed by atoms with Crippen LogP contribution in [0.2, 0.25) is 0 Å². The van der Waals surface area contributed by atoms with Crippen LogP contribution in [-0.4, -0.2) is 33.9 Å². The van der Waals surface area contributed by atoms with Crippen LogP contribution >= 0.6 is 15.9 Å². The summed E-state index contributed by atoms with van der Waals surface area (Å²) in [4.78, 5) is 1.40. The lowest BCUT2D eigenvalue weighted by atomic mass is 10.3. The molecule has 3 nitrogen and oxygen atoms in total. The standard InChI is InChI=1S/C12H19BrF3N3/c1-4-6-19(8-12(14,15)16)7-10-11(13)9(5-2)17-18(10)3/h4-8H2,1-3H3. The third-order valence-corrected chi connectivity index (χ3v) is 3.73. The van der Waals surface area contributed by atoms with Crippen molar-refractivity contribution < 1.29 is 13.2 Å². The van der Waals surface area contributed by atoms with Crippen molar-refractivity contribution in [3.8, 4) is 0 Å². The van der Waals surface area contributed by atoms with Crippen LogP contribution in [-0.2, 0) is 20.0 Å². The minimum Gasteiger partial charge on any atom is -0.289 e. The van der Waals surface area contributed by atoms with Crippen LogP contribution in [0, 0.1) is 0 Å². The Bertz CT molecular complexity index is 415. The molecule has 1 aromatic heterocycles. The molecule has 0 atom stereocenters. The molecule has 0 bridgehead atoms. The van der Waals surface area contributed by atoms with E-state index < -0.39 is 12.7 Å². The van der Waals surface area contributed by atoms with Gasteiger partial charge in [0.15, 0.2) is 0 Å². The van der Waals surface area contributed by atoms with Gasteiger partial charge in [-0.05, 0) is 35.3 Å². The molecule has 1 heterocycles. The fourth-order valence-corrected chi connectivity index (χ4v) is 2.73. The molecule has 1 rings (SSSR count). The van der Waals surface area contributed by atoms with Gasteiger partial charge in [-0.15, -0.1) is 0 Å². The molecule has 7 heteroatoms. The molecule has 0 saturated heterocycles. The molecule has 0 aliphatic carbocycles. The quantitative estimate of drug-likeness (QED) is 0.789. The van der Waals surface area contributed by atoms with Crippen molar-refractivity contribution in [1.29, 1.82) is 0 Å². The predicted molar refractivity (Wildman–Crippen MR) is 71.9 cm³/mol. The summed E-state index contributed by atoms with van der Waals surface area (Å²) in [6.45, 7) is 3.62. The van der Waals surface area contributed by atoms with Gasteiger partial charge in [-0.2, -0.15) is 18.3 Å². The van der Waals surface area contributed by atoms with Crippen LogP contribution in [0.25, 0.3) is 0 Å². The molecule has 0 radical (unpaired) electrons. The molecule has 0 aliphatic heterocycles. The highest BCUT2D eigenvalue weighted by molar-refractivity contribution is 9.10. The fraction of sp³-hybridized carbons (Fsp3) is 0.750. The molecule has 19 heavy (non-hydrogen) atoms. The van der Waals surface area contributed by atoms with E-state index in [0.29, 0.717) is 13.0 Å². The smallest absolute Gasteiger partial charge is 0.289 e. The lowest BCUT2D eigenvalue weighted by Crippen LogP contribution is -2.35. The average molecular weight is 342 g/mol. The van der Waals surface area contributed by atoms with Crippen molar-refractivity contribution in [3.05, 3.63) is 15.9 Å². The summed E-state index contributed by atoms with van der Waals surface area (Å²) in [5.41, 5.74) is 1.66. The summed E-state index contributed by atoms with van der Waals surface area (Å²) < 4.78 is 40.1. The summed E-state index contributed by atoms with van der Waals surface area (Å²) >= 11 is 3.43. The van der Waals surface area contributed by atoms with Crippen molar-refractivity contribution in [2.45, 2.75) is 39.4 Å². The van der Waals surface area contributed by atoms with Crippen molar-refractivity contribution >= 4 is 15.9 Å². The van der Waals surface area contributed by atoms with Gasteiger partial charge in [0.05, 0.1) is 22.4 Å². The Hall–Kier alpha value is -0.560. The second-order valence-electron chi connectivity index (χ2n) is 4.51. The zero-order valence-corrected chi connectivity index (χ0v) is 13.0. The first-order valence-corrected chi connectivity index (χ1v) is 7.07. The zero-order valence-electron chi connectivity index (χ0n) is 11.4. The summed E-state index contributed by atoms with van der Waals surface area (Å²) in [5, 5.41) is 4.30. The Morgan fingerprint density at radius 3 is 2.37 bits per heavy atom. The van der Waals surface area contributed by atoms with Crippen LogP contribution < -0.4 is 0 Å². The highest BCUT2D eigenvalue weighted by Gasteiger charge is 2.31. The predicted octanol–water partition coefficient (Wildman–Crippen LogP) is 3.52. The third-order valence-electron chi connectivity index (χ3n) is 2.82. The highest BCUT2D eigenvalue weighted by Crippen LogP contribution is 2.24. The van der Waals surface area contributed by atoms with Crippen molar-refractivity contribution in [3.63, 3.8) is 0 Å². The summed E-state index contributed by atoms with van der Waals surface area (Å²) in [7, 11) is 1.76. The molecule has 0 N–H and O–H groups in total. The summed E-state index contributed by atoms with van der Waals surface area (Å²) in [6.07, 6.45) is -2.73. The second-order valence-corrected chi connectivity index (χ2v) is 5.30. The maximum atomic E-state index is 12.5. The lowest BCUT2D eigenvalue weighted by Gasteiger charge is -2.23. The molecule has 0 aliphatic rings. The topological polar surface area (TPSA) is 21.1 Å². The first-order valence-electron chi connectivity index (χ1n) is 6.27. The van der Waals surface area contributed by atoms with Crippen LogP contribution in [0.5, 0.6) is 0 Å². The Kier molecular flexibility index (Phi) is 5.85. The van der Waals surface area contributed by atoms with Crippen LogP contribution in [0.3, 0.4) is 0 Å². The number of aromatic nitrogens is 2. The third kappa shape index (κ3) is 4.80. The molecule has 0 spiro atoms. The fourth-order valence-electron chi connectivity index (χ4n) is 1.99. The van der Waals surface area contributed by atoms with Gasteiger partial charge in [0.1, 0.15) is 0 Å². The molecule has 0 aromatic carbocycles. The van der Waals surface area contributed by atoms with E-state index in [1.165, 1.54) is 4.90 Å². The SMILES string of the molecule is CCCN(Cc1c(Br)c(CC)nn1C)CC(F)(F)F. The van der Waals surface area contributed by atoms with Gasteiger partial charge in [-0.1, -0.05) is 13.8 Å². The minimum absolute atomic E-state index is 0.247.